The maximum Gasteiger partial charge on any atom is 0.303 e. The van der Waals surface area contributed by atoms with Gasteiger partial charge in [-0.3, -0.25) is 14.4 Å². The zero-order chi connectivity index (χ0) is 34.7. The number of anilines is 3. The summed E-state index contributed by atoms with van der Waals surface area (Å²) in [4.78, 5) is 50.9. The molecule has 15 heteroatoms. The van der Waals surface area contributed by atoms with Crippen LogP contribution in [0.3, 0.4) is 0 Å². The lowest BCUT2D eigenvalue weighted by Crippen LogP contribution is -2.25. The van der Waals surface area contributed by atoms with E-state index in [9.17, 15) is 14.4 Å². The van der Waals surface area contributed by atoms with Gasteiger partial charge in [0.1, 0.15) is 6.61 Å². The third kappa shape index (κ3) is 16.7. The van der Waals surface area contributed by atoms with E-state index in [0.717, 1.165) is 5.69 Å². The van der Waals surface area contributed by atoms with Crippen molar-refractivity contribution in [3.8, 4) is 12.3 Å². The molecule has 2 aromatic heterocycles. The first-order valence-electron chi connectivity index (χ1n) is 14.9. The molecule has 0 aliphatic rings. The maximum atomic E-state index is 12.1. The van der Waals surface area contributed by atoms with Gasteiger partial charge < -0.3 is 41.6 Å². The number of nitrogen functional groups attached to an aromatic ring is 2. The summed E-state index contributed by atoms with van der Waals surface area (Å²) in [6, 6.07) is 7.05. The predicted octanol–water partition coefficient (Wildman–Crippen LogP) is 2.27. The number of amides is 2. The van der Waals surface area contributed by atoms with Crippen molar-refractivity contribution in [1.82, 2.24) is 30.6 Å². The molecule has 2 amide bonds. The van der Waals surface area contributed by atoms with Crippen LogP contribution in [0.5, 0.6) is 0 Å². The summed E-state index contributed by atoms with van der Waals surface area (Å²) in [6.45, 7) is 11.1. The molecule has 2 heterocycles. The highest BCUT2D eigenvalue weighted by Crippen LogP contribution is 2.18. The van der Waals surface area contributed by atoms with E-state index in [4.69, 9.17) is 32.5 Å². The van der Waals surface area contributed by atoms with Crippen LogP contribution in [0.15, 0.2) is 30.5 Å². The lowest BCUT2D eigenvalue weighted by Gasteiger charge is -2.19. The van der Waals surface area contributed by atoms with Gasteiger partial charge >= 0.3 is 5.97 Å². The summed E-state index contributed by atoms with van der Waals surface area (Å²) in [6.07, 6.45) is 7.59. The van der Waals surface area contributed by atoms with Gasteiger partial charge in [-0.15, -0.1) is 6.42 Å². The molecule has 0 spiro atoms. The number of hydrogen-bond donors (Lipinski definition) is 5. The molecular formula is C31H47N9O6. The third-order valence-electron chi connectivity index (χ3n) is 5.36. The van der Waals surface area contributed by atoms with Gasteiger partial charge in [0.05, 0.1) is 38.3 Å². The number of nitrogens with one attached hydrogen (secondary N) is 2. The molecule has 3 rings (SSSR count). The molecule has 3 aromatic rings. The number of nitrogens with two attached hydrogens (primary N) is 2. The number of aromatic nitrogens is 4. The van der Waals surface area contributed by atoms with Gasteiger partial charge in [-0.25, -0.2) is 9.97 Å². The van der Waals surface area contributed by atoms with E-state index in [1.807, 2.05) is 51.8 Å². The second-order valence-corrected chi connectivity index (χ2v) is 8.60. The summed E-state index contributed by atoms with van der Waals surface area (Å²) in [5.41, 5.74) is 14.2. The number of rotatable bonds is 16. The van der Waals surface area contributed by atoms with Crippen molar-refractivity contribution in [3.63, 3.8) is 0 Å². The monoisotopic (exact) mass is 641 g/mol. The SMILES string of the molecule is C#CCOCCOCCNC=O.CC.CC.CN(Cc1cnc2nc(N)nc(N)c2n1)c1ccc(C(=O)NCCCC(=O)O)cc1. The number of nitrogens with zero attached hydrogens (tertiary/aromatic N) is 5. The smallest absolute Gasteiger partial charge is 0.303 e. The molecule has 1 aromatic carbocycles. The average molecular weight is 642 g/mol. The molecule has 15 nitrogen and oxygen atoms in total. The predicted molar refractivity (Wildman–Crippen MR) is 179 cm³/mol. The van der Waals surface area contributed by atoms with Crippen molar-refractivity contribution in [2.24, 2.45) is 0 Å². The number of carbonyl (C=O) groups excluding carboxylic acids is 2. The van der Waals surface area contributed by atoms with Gasteiger partial charge in [-0.05, 0) is 30.7 Å². The maximum absolute atomic E-state index is 12.1. The van der Waals surface area contributed by atoms with Crippen LogP contribution in [0.1, 0.15) is 56.6 Å². The standard InChI is InChI=1S/C19H22N8O3.C8H13NO3.2C2H6/c1-27(10-12-9-23-17-15(24-12)16(20)25-19(21)26-17)13-6-4-11(5-7-13)18(30)22-8-2-3-14(28)29;1-2-4-11-6-7-12-5-3-9-8-10;2*1-2/h4-7,9H,2-3,8,10H2,1H3,(H,22,30)(H,28,29)(H4,20,21,23,25,26);1,8H,3-7H2,(H,9,10);2*1-2H3. The van der Waals surface area contributed by atoms with Gasteiger partial charge in [0.2, 0.25) is 12.4 Å². The molecule has 0 atom stereocenters. The van der Waals surface area contributed by atoms with Gasteiger partial charge in [0.25, 0.3) is 5.91 Å². The van der Waals surface area contributed by atoms with Crippen molar-refractivity contribution in [2.75, 3.05) is 62.9 Å². The minimum Gasteiger partial charge on any atom is -0.481 e. The fourth-order valence-electron chi connectivity index (χ4n) is 3.35. The topological polar surface area (TPSA) is 221 Å². The Kier molecular flexibility index (Phi) is 22.5. The summed E-state index contributed by atoms with van der Waals surface area (Å²) in [7, 11) is 1.88. The molecule has 7 N–H and O–H groups in total. The highest BCUT2D eigenvalue weighted by molar-refractivity contribution is 5.94. The molecule has 46 heavy (non-hydrogen) atoms. The number of carboxylic acids is 1. The fourth-order valence-corrected chi connectivity index (χ4v) is 3.35. The highest BCUT2D eigenvalue weighted by atomic mass is 16.5. The largest absolute Gasteiger partial charge is 0.481 e. The Morgan fingerprint density at radius 3 is 2.33 bits per heavy atom. The first kappa shape index (κ1) is 40.9. The molecule has 0 bridgehead atoms. The third-order valence-corrected chi connectivity index (χ3v) is 5.36. The summed E-state index contributed by atoms with van der Waals surface area (Å²) < 4.78 is 10.0. The second kappa shape index (κ2) is 25.3. The van der Waals surface area contributed by atoms with Crippen LogP contribution in [-0.4, -0.2) is 89.9 Å². The highest BCUT2D eigenvalue weighted by Gasteiger charge is 2.11. The minimum absolute atomic E-state index is 0.0207. The first-order valence-corrected chi connectivity index (χ1v) is 14.9. The van der Waals surface area contributed by atoms with E-state index in [1.54, 1.807) is 18.3 Å². The molecule has 0 aliphatic heterocycles. The number of carbonyl (C=O) groups is 3. The van der Waals surface area contributed by atoms with Crippen molar-refractivity contribution in [1.29, 1.82) is 0 Å². The molecule has 252 valence electrons. The van der Waals surface area contributed by atoms with E-state index in [2.05, 4.69) is 36.5 Å². The number of benzene rings is 1. The van der Waals surface area contributed by atoms with Gasteiger partial charge in [-0.2, -0.15) is 9.97 Å². The summed E-state index contributed by atoms with van der Waals surface area (Å²) in [5, 5.41) is 13.8. The van der Waals surface area contributed by atoms with Crippen LogP contribution in [0.2, 0.25) is 0 Å². The molecular weight excluding hydrogens is 594 g/mol. The van der Waals surface area contributed by atoms with E-state index in [1.165, 1.54) is 0 Å². The van der Waals surface area contributed by atoms with Crippen LogP contribution in [0.4, 0.5) is 17.5 Å². The number of aliphatic carboxylic acids is 1. The van der Waals surface area contributed by atoms with Crippen LogP contribution in [0.25, 0.3) is 11.2 Å². The summed E-state index contributed by atoms with van der Waals surface area (Å²) in [5.74, 6) is 1.44. The second-order valence-electron chi connectivity index (χ2n) is 8.60. The van der Waals surface area contributed by atoms with Crippen molar-refractivity contribution >= 4 is 46.9 Å². The number of ether oxygens (including phenoxy) is 2. The average Bonchev–Trinajstić information content (AvgIpc) is 3.06. The Morgan fingerprint density at radius 1 is 1.02 bits per heavy atom. The van der Waals surface area contributed by atoms with E-state index in [-0.39, 0.29) is 24.1 Å². The van der Waals surface area contributed by atoms with Gasteiger partial charge in [-0.1, -0.05) is 33.6 Å². The minimum atomic E-state index is -0.882. The Morgan fingerprint density at radius 2 is 1.70 bits per heavy atom. The van der Waals surface area contributed by atoms with Gasteiger partial charge in [0, 0.05) is 37.8 Å². The van der Waals surface area contributed by atoms with Crippen molar-refractivity contribution in [2.45, 2.75) is 47.1 Å². The Balaban J connectivity index is 0.00000107. The molecule has 0 fully saturated rings. The number of carboxylic acid groups (broad SMARTS) is 1. The molecule has 0 aliphatic carbocycles. The van der Waals surface area contributed by atoms with Crippen LogP contribution in [-0.2, 0) is 25.6 Å². The lowest BCUT2D eigenvalue weighted by molar-refractivity contribution is -0.137. The Bertz CT molecular complexity index is 1350. The lowest BCUT2D eigenvalue weighted by atomic mass is 10.1. The van der Waals surface area contributed by atoms with Crippen molar-refractivity contribution in [3.05, 3.63) is 41.7 Å². The van der Waals surface area contributed by atoms with Crippen molar-refractivity contribution < 1.29 is 29.0 Å². The molecule has 0 saturated heterocycles. The van der Waals surface area contributed by atoms with Crippen LogP contribution < -0.4 is 27.0 Å². The van der Waals surface area contributed by atoms with Gasteiger partial charge in [0.15, 0.2) is 17.0 Å². The van der Waals surface area contributed by atoms with E-state index < -0.39 is 5.97 Å². The number of hydrogen-bond acceptors (Lipinski definition) is 12. The van der Waals surface area contributed by atoms with E-state index in [0.29, 0.717) is 81.3 Å². The summed E-state index contributed by atoms with van der Waals surface area (Å²) >= 11 is 0. The molecule has 0 saturated carbocycles. The normalized spacial score (nSPS) is 9.57. The Hall–Kier alpha value is -5.07. The van der Waals surface area contributed by atoms with Crippen LogP contribution in [0, 0.1) is 12.3 Å². The molecule has 0 radical (unpaired) electrons. The quantitative estimate of drug-likeness (QED) is 0.0861. The number of terminal acetylenes is 1. The van der Waals surface area contributed by atoms with E-state index >= 15 is 0 Å². The fraction of sp³-hybridized carbons (Fsp3) is 0.452. The Labute approximate surface area is 270 Å². The zero-order valence-electron chi connectivity index (χ0n) is 27.3. The number of fused-ring (bicyclic) bond motifs is 1. The first-order chi connectivity index (χ1) is 22.2. The van der Waals surface area contributed by atoms with Crippen LogP contribution >= 0.6 is 0 Å². The zero-order valence-corrected chi connectivity index (χ0v) is 27.3. The molecule has 0 unspecified atom stereocenters.